The molecule has 2 rings (SSSR count). The molecule has 1 saturated heterocycles. The zero-order valence-electron chi connectivity index (χ0n) is 7.07. The van der Waals surface area contributed by atoms with E-state index in [0.29, 0.717) is 6.04 Å². The van der Waals surface area contributed by atoms with Crippen LogP contribution in [-0.2, 0) is 0 Å². The van der Waals surface area contributed by atoms with Gasteiger partial charge in [0.1, 0.15) is 0 Å². The number of aromatic amines is 1. The number of H-pyrrole nitrogens is 1. The molecule has 0 saturated carbocycles. The van der Waals surface area contributed by atoms with Crippen molar-refractivity contribution in [2.45, 2.75) is 26.3 Å². The zero-order chi connectivity index (χ0) is 7.84. The van der Waals surface area contributed by atoms with E-state index >= 15 is 0 Å². The second kappa shape index (κ2) is 2.38. The number of rotatable bonds is 1. The van der Waals surface area contributed by atoms with Crippen molar-refractivity contribution in [3.63, 3.8) is 0 Å². The van der Waals surface area contributed by atoms with Crippen molar-refractivity contribution in [1.29, 1.82) is 0 Å². The monoisotopic (exact) mass is 150 g/mol. The Morgan fingerprint density at radius 1 is 1.45 bits per heavy atom. The molecule has 0 radical (unpaired) electrons. The molecule has 0 aliphatic carbocycles. The molecule has 11 heavy (non-hydrogen) atoms. The highest BCUT2D eigenvalue weighted by Gasteiger charge is 2.21. The van der Waals surface area contributed by atoms with E-state index in [-0.39, 0.29) is 0 Å². The first-order valence-corrected chi connectivity index (χ1v) is 4.17. The van der Waals surface area contributed by atoms with Gasteiger partial charge >= 0.3 is 0 Å². The van der Waals surface area contributed by atoms with Crippen LogP contribution in [0.3, 0.4) is 0 Å². The van der Waals surface area contributed by atoms with Crippen molar-refractivity contribution in [3.8, 4) is 0 Å². The van der Waals surface area contributed by atoms with Crippen molar-refractivity contribution < 1.29 is 0 Å². The summed E-state index contributed by atoms with van der Waals surface area (Å²) in [6, 6.07) is 2.80. The standard InChI is InChI=1S/C9H14N2/c1-6-5-7(2)11-9(6)8-3-4-10-8/h5,8,10-11H,3-4H2,1-2H3/t8-/m1/s1. The van der Waals surface area contributed by atoms with Crippen molar-refractivity contribution in [1.82, 2.24) is 10.3 Å². The van der Waals surface area contributed by atoms with Crippen LogP contribution in [0.5, 0.6) is 0 Å². The Balaban J connectivity index is 2.28. The second-order valence-corrected chi connectivity index (χ2v) is 3.34. The van der Waals surface area contributed by atoms with Gasteiger partial charge < -0.3 is 10.3 Å². The van der Waals surface area contributed by atoms with Crippen molar-refractivity contribution in [2.75, 3.05) is 6.54 Å². The van der Waals surface area contributed by atoms with Gasteiger partial charge in [0.2, 0.25) is 0 Å². The molecule has 0 spiro atoms. The summed E-state index contributed by atoms with van der Waals surface area (Å²) in [7, 11) is 0. The molecule has 0 amide bonds. The number of hydrogen-bond donors (Lipinski definition) is 2. The first-order valence-electron chi connectivity index (χ1n) is 4.17. The maximum Gasteiger partial charge on any atom is 0.0487 e. The highest BCUT2D eigenvalue weighted by molar-refractivity contribution is 5.27. The Bertz CT molecular complexity index is 259. The fourth-order valence-electron chi connectivity index (χ4n) is 1.65. The second-order valence-electron chi connectivity index (χ2n) is 3.34. The Morgan fingerprint density at radius 2 is 2.18 bits per heavy atom. The lowest BCUT2D eigenvalue weighted by molar-refractivity contribution is 0.375. The molecule has 2 heteroatoms. The lowest BCUT2D eigenvalue weighted by Gasteiger charge is -2.27. The van der Waals surface area contributed by atoms with E-state index in [1.165, 1.54) is 29.9 Å². The van der Waals surface area contributed by atoms with Gasteiger partial charge in [0.15, 0.2) is 0 Å². The highest BCUT2D eigenvalue weighted by atomic mass is 15.0. The third-order valence-electron chi connectivity index (χ3n) is 2.36. The molecule has 1 aliphatic heterocycles. The first-order chi connectivity index (χ1) is 5.27. The molecule has 1 aromatic rings. The molecule has 2 heterocycles. The van der Waals surface area contributed by atoms with Gasteiger partial charge in [-0.1, -0.05) is 0 Å². The van der Waals surface area contributed by atoms with Gasteiger partial charge in [-0.25, -0.2) is 0 Å². The molecule has 2 N–H and O–H groups in total. The van der Waals surface area contributed by atoms with E-state index in [1.807, 2.05) is 0 Å². The van der Waals surface area contributed by atoms with E-state index < -0.39 is 0 Å². The fourth-order valence-corrected chi connectivity index (χ4v) is 1.65. The fraction of sp³-hybridized carbons (Fsp3) is 0.556. The number of hydrogen-bond acceptors (Lipinski definition) is 1. The van der Waals surface area contributed by atoms with E-state index in [9.17, 15) is 0 Å². The molecular weight excluding hydrogens is 136 g/mol. The SMILES string of the molecule is Cc1cc(C)c([C@H]2CCN2)[nH]1. The first kappa shape index (κ1) is 6.92. The predicted octanol–water partition coefficient (Wildman–Crippen LogP) is 1.67. The van der Waals surface area contributed by atoms with Gasteiger partial charge in [-0.05, 0) is 38.4 Å². The third kappa shape index (κ3) is 1.07. The molecule has 60 valence electrons. The summed E-state index contributed by atoms with van der Waals surface area (Å²) < 4.78 is 0. The molecule has 1 aromatic heterocycles. The zero-order valence-corrected chi connectivity index (χ0v) is 7.07. The van der Waals surface area contributed by atoms with E-state index in [2.05, 4.69) is 30.2 Å². The topological polar surface area (TPSA) is 27.8 Å². The summed E-state index contributed by atoms with van der Waals surface area (Å²) >= 11 is 0. The molecule has 0 aromatic carbocycles. The predicted molar refractivity (Wildman–Crippen MR) is 45.6 cm³/mol. The quantitative estimate of drug-likeness (QED) is 0.626. The van der Waals surface area contributed by atoms with Crippen LogP contribution in [0.25, 0.3) is 0 Å². The number of nitrogens with one attached hydrogen (secondary N) is 2. The molecule has 0 bridgehead atoms. The van der Waals surface area contributed by atoms with Crippen molar-refractivity contribution in [2.24, 2.45) is 0 Å². The minimum absolute atomic E-state index is 0.601. The van der Waals surface area contributed by atoms with Crippen LogP contribution in [0.15, 0.2) is 6.07 Å². The summed E-state index contributed by atoms with van der Waals surface area (Å²) in [5.74, 6) is 0. The average molecular weight is 150 g/mol. The molecule has 2 nitrogen and oxygen atoms in total. The lowest BCUT2D eigenvalue weighted by Crippen LogP contribution is -2.35. The molecule has 0 unspecified atom stereocenters. The summed E-state index contributed by atoms with van der Waals surface area (Å²) in [5.41, 5.74) is 4.04. The minimum atomic E-state index is 0.601. The van der Waals surface area contributed by atoms with Crippen LogP contribution in [0.2, 0.25) is 0 Å². The van der Waals surface area contributed by atoms with Gasteiger partial charge in [-0.2, -0.15) is 0 Å². The Labute approximate surface area is 67.0 Å². The Hall–Kier alpha value is -0.760. The number of aryl methyl sites for hydroxylation is 2. The van der Waals surface area contributed by atoms with E-state index in [4.69, 9.17) is 0 Å². The van der Waals surface area contributed by atoms with Gasteiger partial charge in [-0.15, -0.1) is 0 Å². The third-order valence-corrected chi connectivity index (χ3v) is 2.36. The smallest absolute Gasteiger partial charge is 0.0487 e. The average Bonchev–Trinajstić information content (AvgIpc) is 2.07. The molecule has 1 fully saturated rings. The largest absolute Gasteiger partial charge is 0.361 e. The molecule has 1 atom stereocenters. The van der Waals surface area contributed by atoms with Gasteiger partial charge in [0.25, 0.3) is 0 Å². The van der Waals surface area contributed by atoms with Gasteiger partial charge in [0, 0.05) is 17.4 Å². The van der Waals surface area contributed by atoms with Crippen molar-refractivity contribution in [3.05, 3.63) is 23.0 Å². The van der Waals surface area contributed by atoms with Crippen LogP contribution in [-0.4, -0.2) is 11.5 Å². The molecular formula is C9H14N2. The maximum atomic E-state index is 3.38. The molecule has 1 aliphatic rings. The van der Waals surface area contributed by atoms with Crippen LogP contribution in [0.4, 0.5) is 0 Å². The Kier molecular flexibility index (Phi) is 1.50. The highest BCUT2D eigenvalue weighted by Crippen LogP contribution is 2.24. The summed E-state index contributed by atoms with van der Waals surface area (Å²) in [6.07, 6.45) is 1.28. The number of aromatic nitrogens is 1. The van der Waals surface area contributed by atoms with E-state index in [0.717, 1.165) is 0 Å². The summed E-state index contributed by atoms with van der Waals surface area (Å²) in [4.78, 5) is 3.38. The van der Waals surface area contributed by atoms with Crippen molar-refractivity contribution >= 4 is 0 Å². The summed E-state index contributed by atoms with van der Waals surface area (Å²) in [6.45, 7) is 5.44. The summed E-state index contributed by atoms with van der Waals surface area (Å²) in [5, 5.41) is 3.38. The normalized spacial score (nSPS) is 23.3. The van der Waals surface area contributed by atoms with Crippen LogP contribution < -0.4 is 5.32 Å². The van der Waals surface area contributed by atoms with Gasteiger partial charge in [-0.3, -0.25) is 0 Å². The van der Waals surface area contributed by atoms with Crippen LogP contribution in [0, 0.1) is 13.8 Å². The van der Waals surface area contributed by atoms with Gasteiger partial charge in [0.05, 0.1) is 0 Å². The lowest BCUT2D eigenvalue weighted by atomic mass is 10.0. The van der Waals surface area contributed by atoms with Crippen LogP contribution >= 0.6 is 0 Å². The van der Waals surface area contributed by atoms with E-state index in [1.54, 1.807) is 0 Å². The Morgan fingerprint density at radius 3 is 2.55 bits per heavy atom. The minimum Gasteiger partial charge on any atom is -0.361 e. The van der Waals surface area contributed by atoms with Crippen LogP contribution in [0.1, 0.15) is 29.4 Å². The maximum absolute atomic E-state index is 3.38.